The molecule has 0 spiro atoms. The molecule has 0 aromatic rings. The molecule has 96 valence electrons. The predicted octanol–water partition coefficient (Wildman–Crippen LogP) is 1.26. The maximum Gasteiger partial charge on any atom is 0.320 e. The van der Waals surface area contributed by atoms with E-state index in [4.69, 9.17) is 4.74 Å². The molecule has 4 nitrogen and oxygen atoms in total. The van der Waals surface area contributed by atoms with Crippen LogP contribution in [-0.2, 0) is 9.53 Å². The van der Waals surface area contributed by atoms with Gasteiger partial charge < -0.3 is 15.0 Å². The molecule has 0 aliphatic heterocycles. The smallest absolute Gasteiger partial charge is 0.320 e. The zero-order valence-corrected chi connectivity index (χ0v) is 11.1. The number of nitrogens with zero attached hydrogens (tertiary/aromatic N) is 1. The second-order valence-electron chi connectivity index (χ2n) is 4.10. The fourth-order valence-electron chi connectivity index (χ4n) is 1.46. The van der Waals surface area contributed by atoms with Crippen LogP contribution in [0.15, 0.2) is 0 Å². The maximum absolute atomic E-state index is 11.2. The molecule has 0 aliphatic carbocycles. The number of hydrogen-bond donors (Lipinski definition) is 1. The van der Waals surface area contributed by atoms with Crippen LogP contribution in [0, 0.1) is 0 Å². The molecule has 0 rings (SSSR count). The lowest BCUT2D eigenvalue weighted by molar-refractivity contribution is -0.146. The molecule has 4 heteroatoms. The van der Waals surface area contributed by atoms with Crippen molar-refractivity contribution >= 4 is 5.97 Å². The van der Waals surface area contributed by atoms with Gasteiger partial charge >= 0.3 is 5.97 Å². The van der Waals surface area contributed by atoms with Gasteiger partial charge in [-0.2, -0.15) is 0 Å². The van der Waals surface area contributed by atoms with E-state index in [1.54, 1.807) is 0 Å². The average molecular weight is 230 g/mol. The summed E-state index contributed by atoms with van der Waals surface area (Å²) in [7, 11) is 0. The number of ether oxygens (including phenoxy) is 1. The number of carbonyl (C=O) groups excluding carboxylic acids is 1. The van der Waals surface area contributed by atoms with Crippen LogP contribution in [0.2, 0.25) is 0 Å². The highest BCUT2D eigenvalue weighted by atomic mass is 16.5. The van der Waals surface area contributed by atoms with Crippen LogP contribution in [0.1, 0.15) is 34.1 Å². The van der Waals surface area contributed by atoms with Crippen molar-refractivity contribution in [2.45, 2.75) is 40.2 Å². The molecule has 0 aromatic carbocycles. The first-order valence-electron chi connectivity index (χ1n) is 6.22. The molecule has 0 fully saturated rings. The quantitative estimate of drug-likeness (QED) is 0.478. The van der Waals surface area contributed by atoms with E-state index in [-0.39, 0.29) is 12.1 Å². The van der Waals surface area contributed by atoms with Crippen molar-refractivity contribution in [2.75, 3.05) is 32.7 Å². The predicted molar refractivity (Wildman–Crippen MR) is 66.5 cm³/mol. The fourth-order valence-corrected chi connectivity index (χ4v) is 1.46. The Labute approximate surface area is 99.3 Å². The Hall–Kier alpha value is -0.610. The van der Waals surface area contributed by atoms with E-state index in [1.165, 1.54) is 0 Å². The Balaban J connectivity index is 3.36. The van der Waals surface area contributed by atoms with Crippen LogP contribution in [0.25, 0.3) is 0 Å². The van der Waals surface area contributed by atoms with Crippen LogP contribution < -0.4 is 5.32 Å². The summed E-state index contributed by atoms with van der Waals surface area (Å²) in [4.78, 5) is 13.5. The summed E-state index contributed by atoms with van der Waals surface area (Å²) in [6, 6.07) is 0. The van der Waals surface area contributed by atoms with E-state index in [1.807, 2.05) is 13.8 Å². The van der Waals surface area contributed by atoms with Gasteiger partial charge in [0.15, 0.2) is 0 Å². The first-order chi connectivity index (χ1) is 7.60. The van der Waals surface area contributed by atoms with Gasteiger partial charge in [-0.15, -0.1) is 0 Å². The third kappa shape index (κ3) is 8.68. The highest BCUT2D eigenvalue weighted by Crippen LogP contribution is 1.90. The van der Waals surface area contributed by atoms with Gasteiger partial charge in [0.25, 0.3) is 0 Å². The molecule has 0 unspecified atom stereocenters. The highest BCUT2D eigenvalue weighted by molar-refractivity contribution is 5.71. The van der Waals surface area contributed by atoms with Gasteiger partial charge in [-0.3, -0.25) is 4.79 Å². The summed E-state index contributed by atoms with van der Waals surface area (Å²) in [6.07, 6.45) is 1.04. The molecule has 1 N–H and O–H groups in total. The van der Waals surface area contributed by atoms with Gasteiger partial charge in [0.05, 0.1) is 12.6 Å². The van der Waals surface area contributed by atoms with E-state index in [0.29, 0.717) is 6.54 Å². The van der Waals surface area contributed by atoms with Crippen molar-refractivity contribution in [3.05, 3.63) is 0 Å². The lowest BCUT2D eigenvalue weighted by Gasteiger charge is -2.17. The number of carbonyl (C=O) groups is 1. The molecule has 16 heavy (non-hydrogen) atoms. The average Bonchev–Trinajstić information content (AvgIpc) is 2.22. The van der Waals surface area contributed by atoms with E-state index >= 15 is 0 Å². The number of esters is 1. The summed E-state index contributed by atoms with van der Waals surface area (Å²) in [6.45, 7) is 12.5. The van der Waals surface area contributed by atoms with E-state index in [0.717, 1.165) is 32.6 Å². The van der Waals surface area contributed by atoms with Crippen LogP contribution in [0.4, 0.5) is 0 Å². The molecule has 0 amide bonds. The van der Waals surface area contributed by atoms with Crippen molar-refractivity contribution in [3.63, 3.8) is 0 Å². The zero-order chi connectivity index (χ0) is 12.4. The standard InChI is InChI=1S/C12H26N2O2/c1-5-14(6-2)9-7-8-13-10-12(15)16-11(3)4/h11,13H,5-10H2,1-4H3. The molecule has 0 saturated carbocycles. The SMILES string of the molecule is CCN(CC)CCCNCC(=O)OC(C)C. The minimum absolute atomic E-state index is 0.0232. The minimum Gasteiger partial charge on any atom is -0.462 e. The Morgan fingerprint density at radius 3 is 2.44 bits per heavy atom. The number of nitrogens with one attached hydrogen (secondary N) is 1. The number of hydrogen-bond acceptors (Lipinski definition) is 4. The first-order valence-corrected chi connectivity index (χ1v) is 6.22. The van der Waals surface area contributed by atoms with Crippen molar-refractivity contribution in [3.8, 4) is 0 Å². The molecule has 0 saturated heterocycles. The van der Waals surface area contributed by atoms with Crippen LogP contribution in [-0.4, -0.2) is 49.7 Å². The molecule has 0 aliphatic rings. The fraction of sp³-hybridized carbons (Fsp3) is 0.917. The third-order valence-corrected chi connectivity index (χ3v) is 2.36. The Morgan fingerprint density at radius 1 is 1.31 bits per heavy atom. The molecular weight excluding hydrogens is 204 g/mol. The minimum atomic E-state index is -0.169. The van der Waals surface area contributed by atoms with Gasteiger partial charge in [-0.05, 0) is 46.4 Å². The van der Waals surface area contributed by atoms with Crippen molar-refractivity contribution in [1.82, 2.24) is 10.2 Å². The van der Waals surface area contributed by atoms with Crippen LogP contribution in [0.5, 0.6) is 0 Å². The summed E-state index contributed by atoms with van der Waals surface area (Å²) in [5, 5.41) is 3.09. The molecular formula is C12H26N2O2. The lowest BCUT2D eigenvalue weighted by atomic mass is 10.3. The largest absolute Gasteiger partial charge is 0.462 e. The molecule has 0 heterocycles. The number of rotatable bonds is 9. The molecule has 0 radical (unpaired) electrons. The van der Waals surface area contributed by atoms with Crippen molar-refractivity contribution < 1.29 is 9.53 Å². The van der Waals surface area contributed by atoms with Gasteiger partial charge in [-0.25, -0.2) is 0 Å². The van der Waals surface area contributed by atoms with Gasteiger partial charge in [0.2, 0.25) is 0 Å². The molecule has 0 bridgehead atoms. The topological polar surface area (TPSA) is 41.6 Å². The first kappa shape index (κ1) is 15.4. The second-order valence-corrected chi connectivity index (χ2v) is 4.10. The molecule has 0 atom stereocenters. The third-order valence-electron chi connectivity index (χ3n) is 2.36. The summed E-state index contributed by atoms with van der Waals surface area (Å²) >= 11 is 0. The van der Waals surface area contributed by atoms with Crippen molar-refractivity contribution in [2.24, 2.45) is 0 Å². The normalized spacial score (nSPS) is 11.1. The Morgan fingerprint density at radius 2 is 1.94 bits per heavy atom. The maximum atomic E-state index is 11.2. The van der Waals surface area contributed by atoms with E-state index in [2.05, 4.69) is 24.1 Å². The highest BCUT2D eigenvalue weighted by Gasteiger charge is 2.04. The van der Waals surface area contributed by atoms with Crippen LogP contribution in [0.3, 0.4) is 0 Å². The Bertz CT molecular complexity index is 180. The second kappa shape index (κ2) is 9.60. The van der Waals surface area contributed by atoms with Gasteiger partial charge in [-0.1, -0.05) is 13.8 Å². The summed E-state index contributed by atoms with van der Waals surface area (Å²) < 4.78 is 5.01. The summed E-state index contributed by atoms with van der Waals surface area (Å²) in [5.41, 5.74) is 0. The van der Waals surface area contributed by atoms with Gasteiger partial charge in [0.1, 0.15) is 0 Å². The van der Waals surface area contributed by atoms with Crippen LogP contribution >= 0.6 is 0 Å². The van der Waals surface area contributed by atoms with E-state index < -0.39 is 0 Å². The lowest BCUT2D eigenvalue weighted by Crippen LogP contribution is -2.30. The Kier molecular flexibility index (Phi) is 9.24. The van der Waals surface area contributed by atoms with Gasteiger partial charge in [0, 0.05) is 0 Å². The monoisotopic (exact) mass is 230 g/mol. The summed E-state index contributed by atoms with van der Waals surface area (Å²) in [5.74, 6) is -0.169. The van der Waals surface area contributed by atoms with E-state index in [9.17, 15) is 4.79 Å². The zero-order valence-electron chi connectivity index (χ0n) is 11.1. The van der Waals surface area contributed by atoms with Crippen molar-refractivity contribution in [1.29, 1.82) is 0 Å². The molecule has 0 aromatic heterocycles.